The molecular formula is C27H54N2O3. The molecule has 0 fully saturated rings. The quantitative estimate of drug-likeness (QED) is 0.210. The Labute approximate surface area is 199 Å². The zero-order valence-electron chi connectivity index (χ0n) is 22.5. The van der Waals surface area contributed by atoms with E-state index in [1.54, 1.807) is 0 Å². The number of hydrogen-bond donors (Lipinski definition) is 1. The topological polar surface area (TPSA) is 58.6 Å². The smallest absolute Gasteiger partial charge is 0.223 e. The highest BCUT2D eigenvalue weighted by atomic mass is 16.5. The van der Waals surface area contributed by atoms with Gasteiger partial charge in [0.15, 0.2) is 0 Å². The van der Waals surface area contributed by atoms with Crippen LogP contribution in [0.2, 0.25) is 0 Å². The Morgan fingerprint density at radius 3 is 1.75 bits per heavy atom. The second kappa shape index (κ2) is 17.4. The molecular weight excluding hydrogens is 400 g/mol. The third-order valence-electron chi connectivity index (χ3n) is 6.33. The SMILES string of the molecule is CCCCCCCC(C)(C)N(C(=O)CCC(=O)NCCOCC)C(C)(C)CCCCCC. The molecule has 0 aromatic heterocycles. The molecule has 0 aliphatic carbocycles. The fraction of sp³-hybridized carbons (Fsp3) is 0.926. The number of nitrogens with zero attached hydrogens (tertiary/aromatic N) is 1. The van der Waals surface area contributed by atoms with Crippen molar-refractivity contribution >= 4 is 11.8 Å². The Morgan fingerprint density at radius 2 is 1.25 bits per heavy atom. The monoisotopic (exact) mass is 454 g/mol. The summed E-state index contributed by atoms with van der Waals surface area (Å²) >= 11 is 0. The van der Waals surface area contributed by atoms with Crippen LogP contribution in [0.25, 0.3) is 0 Å². The Morgan fingerprint density at radius 1 is 0.750 bits per heavy atom. The molecule has 0 rings (SSSR count). The number of ether oxygens (including phenoxy) is 1. The summed E-state index contributed by atoms with van der Waals surface area (Å²) in [6, 6.07) is 0. The molecule has 0 aliphatic heterocycles. The van der Waals surface area contributed by atoms with Gasteiger partial charge in [-0.2, -0.15) is 0 Å². The normalized spacial score (nSPS) is 12.1. The molecule has 0 radical (unpaired) electrons. The maximum atomic E-state index is 13.5. The highest BCUT2D eigenvalue weighted by molar-refractivity contribution is 5.84. The second-order valence-corrected chi connectivity index (χ2v) is 10.4. The number of nitrogens with one attached hydrogen (secondary N) is 1. The van der Waals surface area contributed by atoms with Crippen molar-refractivity contribution < 1.29 is 14.3 Å². The lowest BCUT2D eigenvalue weighted by Crippen LogP contribution is -2.58. The summed E-state index contributed by atoms with van der Waals surface area (Å²) in [5, 5.41) is 2.86. The van der Waals surface area contributed by atoms with Crippen LogP contribution in [-0.4, -0.2) is 47.6 Å². The zero-order chi connectivity index (χ0) is 24.5. The molecule has 32 heavy (non-hydrogen) atoms. The van der Waals surface area contributed by atoms with Crippen LogP contribution < -0.4 is 5.32 Å². The molecule has 0 atom stereocenters. The average molecular weight is 455 g/mol. The first-order valence-electron chi connectivity index (χ1n) is 13.3. The van der Waals surface area contributed by atoms with Crippen LogP contribution in [0.4, 0.5) is 0 Å². The predicted octanol–water partition coefficient (Wildman–Crippen LogP) is 6.64. The Hall–Kier alpha value is -1.10. The maximum Gasteiger partial charge on any atom is 0.223 e. The van der Waals surface area contributed by atoms with Gasteiger partial charge in [0.1, 0.15) is 0 Å². The number of carbonyl (C=O) groups excluding carboxylic acids is 2. The molecule has 190 valence electrons. The Bertz CT molecular complexity index is 503. The van der Waals surface area contributed by atoms with E-state index in [-0.39, 0.29) is 35.7 Å². The molecule has 0 aromatic rings. The number of amides is 2. The summed E-state index contributed by atoms with van der Waals surface area (Å²) in [6.45, 7) is 16.9. The van der Waals surface area contributed by atoms with Gasteiger partial charge in [-0.1, -0.05) is 71.6 Å². The highest BCUT2D eigenvalue weighted by Crippen LogP contribution is 2.34. The van der Waals surface area contributed by atoms with E-state index in [1.807, 2.05) is 6.92 Å². The molecule has 0 spiro atoms. The van der Waals surface area contributed by atoms with Crippen LogP contribution in [0.15, 0.2) is 0 Å². The van der Waals surface area contributed by atoms with E-state index in [2.05, 4.69) is 51.8 Å². The first-order valence-corrected chi connectivity index (χ1v) is 13.3. The van der Waals surface area contributed by atoms with Gasteiger partial charge >= 0.3 is 0 Å². The molecule has 2 amide bonds. The van der Waals surface area contributed by atoms with Crippen LogP contribution in [-0.2, 0) is 14.3 Å². The molecule has 0 unspecified atom stereocenters. The first kappa shape index (κ1) is 30.9. The summed E-state index contributed by atoms with van der Waals surface area (Å²) in [6.07, 6.45) is 13.4. The summed E-state index contributed by atoms with van der Waals surface area (Å²) < 4.78 is 5.26. The van der Waals surface area contributed by atoms with Crippen LogP contribution in [0.1, 0.15) is 132 Å². The summed E-state index contributed by atoms with van der Waals surface area (Å²) in [4.78, 5) is 27.8. The minimum absolute atomic E-state index is 0.0730. The number of unbranched alkanes of at least 4 members (excludes halogenated alkanes) is 7. The lowest BCUT2D eigenvalue weighted by atomic mass is 9.85. The fourth-order valence-electron chi connectivity index (χ4n) is 4.69. The third kappa shape index (κ3) is 13.4. The molecule has 0 bridgehead atoms. The van der Waals surface area contributed by atoms with Crippen LogP contribution in [0.3, 0.4) is 0 Å². The Kier molecular flexibility index (Phi) is 16.8. The summed E-state index contributed by atoms with van der Waals surface area (Å²) in [5.74, 6) is 0.0279. The lowest BCUT2D eigenvalue weighted by molar-refractivity contribution is -0.146. The average Bonchev–Trinajstić information content (AvgIpc) is 2.72. The van der Waals surface area contributed by atoms with E-state index in [0.717, 1.165) is 25.7 Å². The van der Waals surface area contributed by atoms with Crippen molar-refractivity contribution in [3.05, 3.63) is 0 Å². The summed E-state index contributed by atoms with van der Waals surface area (Å²) in [7, 11) is 0. The van der Waals surface area contributed by atoms with Gasteiger partial charge < -0.3 is 15.0 Å². The van der Waals surface area contributed by atoms with Gasteiger partial charge in [0, 0.05) is 37.1 Å². The van der Waals surface area contributed by atoms with Gasteiger partial charge in [0.2, 0.25) is 11.8 Å². The van der Waals surface area contributed by atoms with Crippen molar-refractivity contribution in [3.8, 4) is 0 Å². The van der Waals surface area contributed by atoms with Gasteiger partial charge in [0.05, 0.1) is 6.61 Å². The van der Waals surface area contributed by atoms with E-state index in [1.165, 1.54) is 44.9 Å². The zero-order valence-corrected chi connectivity index (χ0v) is 22.5. The van der Waals surface area contributed by atoms with Gasteiger partial charge in [-0.3, -0.25) is 9.59 Å². The van der Waals surface area contributed by atoms with Crippen LogP contribution in [0, 0.1) is 0 Å². The van der Waals surface area contributed by atoms with Crippen molar-refractivity contribution in [3.63, 3.8) is 0 Å². The van der Waals surface area contributed by atoms with Gasteiger partial charge in [-0.15, -0.1) is 0 Å². The van der Waals surface area contributed by atoms with Crippen LogP contribution >= 0.6 is 0 Å². The van der Waals surface area contributed by atoms with Crippen molar-refractivity contribution in [2.24, 2.45) is 0 Å². The molecule has 5 nitrogen and oxygen atoms in total. The lowest BCUT2D eigenvalue weighted by Gasteiger charge is -2.49. The minimum atomic E-state index is -0.219. The van der Waals surface area contributed by atoms with Crippen molar-refractivity contribution in [1.82, 2.24) is 10.2 Å². The van der Waals surface area contributed by atoms with Crippen molar-refractivity contribution in [1.29, 1.82) is 0 Å². The van der Waals surface area contributed by atoms with E-state index in [4.69, 9.17) is 4.74 Å². The predicted molar refractivity (Wildman–Crippen MR) is 136 cm³/mol. The Balaban J connectivity index is 5.09. The highest BCUT2D eigenvalue weighted by Gasteiger charge is 2.40. The standard InChI is InChI=1S/C27H54N2O3/c1-8-11-13-15-17-21-27(6,7)29(26(4,5)20-16-14-12-9-2)25(31)19-18-24(30)28-22-23-32-10-3/h8-23H2,1-7H3,(H,28,30). The van der Waals surface area contributed by atoms with Crippen LogP contribution in [0.5, 0.6) is 0 Å². The van der Waals surface area contributed by atoms with Gasteiger partial charge in [0.25, 0.3) is 0 Å². The van der Waals surface area contributed by atoms with Crippen molar-refractivity contribution in [2.75, 3.05) is 19.8 Å². The number of carbonyl (C=O) groups is 2. The number of hydrogen-bond acceptors (Lipinski definition) is 3. The van der Waals surface area contributed by atoms with Gasteiger partial charge in [-0.25, -0.2) is 0 Å². The second-order valence-electron chi connectivity index (χ2n) is 10.4. The molecule has 0 aromatic carbocycles. The van der Waals surface area contributed by atoms with E-state index in [0.29, 0.717) is 19.8 Å². The molecule has 0 saturated heterocycles. The molecule has 1 N–H and O–H groups in total. The fourth-order valence-corrected chi connectivity index (χ4v) is 4.69. The van der Waals surface area contributed by atoms with Crippen molar-refractivity contribution in [2.45, 2.75) is 143 Å². The van der Waals surface area contributed by atoms with Gasteiger partial charge in [-0.05, 0) is 47.5 Å². The third-order valence-corrected chi connectivity index (χ3v) is 6.33. The van der Waals surface area contributed by atoms with E-state index in [9.17, 15) is 9.59 Å². The van der Waals surface area contributed by atoms with E-state index < -0.39 is 0 Å². The summed E-state index contributed by atoms with van der Waals surface area (Å²) in [5.41, 5.74) is -0.438. The minimum Gasteiger partial charge on any atom is -0.380 e. The largest absolute Gasteiger partial charge is 0.380 e. The molecule has 0 aliphatic rings. The molecule has 5 heteroatoms. The maximum absolute atomic E-state index is 13.5. The first-order chi connectivity index (χ1) is 15.1. The molecule has 0 saturated carbocycles. The molecule has 0 heterocycles. The van der Waals surface area contributed by atoms with E-state index >= 15 is 0 Å². The number of rotatable bonds is 20.